The van der Waals surface area contributed by atoms with Gasteiger partial charge in [0.15, 0.2) is 0 Å². The van der Waals surface area contributed by atoms with Gasteiger partial charge in [-0.2, -0.15) is 0 Å². The highest BCUT2D eigenvalue weighted by Gasteiger charge is 2.16. The van der Waals surface area contributed by atoms with Crippen LogP contribution in [0.3, 0.4) is 0 Å². The Balaban J connectivity index is 2.98. The standard InChI is InChI=1S/C12H19N3O2/c1-8-4-5-11(14-13)10(6-8)12(17)15(3)7-9(2)16/h4-6,9,14,16H,7,13H2,1-3H3. The lowest BCUT2D eigenvalue weighted by Gasteiger charge is -2.20. The zero-order valence-electron chi connectivity index (χ0n) is 10.4. The molecule has 1 unspecified atom stereocenters. The molecule has 1 atom stereocenters. The summed E-state index contributed by atoms with van der Waals surface area (Å²) in [5, 5.41) is 9.27. The fourth-order valence-corrected chi connectivity index (χ4v) is 1.65. The predicted octanol–water partition coefficient (Wildman–Crippen LogP) is 0.733. The third-order valence-electron chi connectivity index (χ3n) is 2.45. The van der Waals surface area contributed by atoms with Crippen LogP contribution in [0.4, 0.5) is 5.69 Å². The van der Waals surface area contributed by atoms with Gasteiger partial charge in [-0.25, -0.2) is 0 Å². The van der Waals surface area contributed by atoms with Crippen LogP contribution < -0.4 is 11.3 Å². The Hall–Kier alpha value is -1.59. The zero-order chi connectivity index (χ0) is 13.0. The van der Waals surface area contributed by atoms with Crippen LogP contribution in [-0.2, 0) is 0 Å². The molecule has 1 aromatic carbocycles. The molecule has 0 aromatic heterocycles. The number of nitrogens with zero attached hydrogens (tertiary/aromatic N) is 1. The van der Waals surface area contributed by atoms with E-state index in [2.05, 4.69) is 5.43 Å². The van der Waals surface area contributed by atoms with Gasteiger partial charge in [0.25, 0.3) is 5.91 Å². The number of amides is 1. The lowest BCUT2D eigenvalue weighted by molar-refractivity contribution is 0.0704. The first-order chi connectivity index (χ1) is 7.95. The molecule has 0 bridgehead atoms. The van der Waals surface area contributed by atoms with Crippen molar-refractivity contribution >= 4 is 11.6 Å². The van der Waals surface area contributed by atoms with Crippen molar-refractivity contribution in [3.63, 3.8) is 0 Å². The molecule has 0 saturated heterocycles. The Morgan fingerprint density at radius 1 is 1.59 bits per heavy atom. The number of hydrazine groups is 1. The maximum absolute atomic E-state index is 12.1. The van der Waals surface area contributed by atoms with Crippen LogP contribution in [0.25, 0.3) is 0 Å². The number of nitrogens with one attached hydrogen (secondary N) is 1. The van der Waals surface area contributed by atoms with Crippen LogP contribution >= 0.6 is 0 Å². The van der Waals surface area contributed by atoms with Crippen LogP contribution in [0.15, 0.2) is 18.2 Å². The molecule has 0 saturated carbocycles. The second kappa shape index (κ2) is 5.65. The van der Waals surface area contributed by atoms with Gasteiger partial charge < -0.3 is 15.4 Å². The van der Waals surface area contributed by atoms with E-state index in [-0.39, 0.29) is 12.5 Å². The summed E-state index contributed by atoms with van der Waals surface area (Å²) in [5.74, 6) is 5.21. The van der Waals surface area contributed by atoms with E-state index >= 15 is 0 Å². The number of aliphatic hydroxyl groups excluding tert-OH is 1. The SMILES string of the molecule is Cc1ccc(NN)c(C(=O)N(C)CC(C)O)c1. The van der Waals surface area contributed by atoms with Gasteiger partial charge in [-0.05, 0) is 26.0 Å². The smallest absolute Gasteiger partial charge is 0.255 e. The van der Waals surface area contributed by atoms with E-state index in [0.717, 1.165) is 5.56 Å². The Kier molecular flexibility index (Phi) is 4.48. The summed E-state index contributed by atoms with van der Waals surface area (Å²) in [4.78, 5) is 13.6. The molecular formula is C12H19N3O2. The van der Waals surface area contributed by atoms with Crippen LogP contribution in [0.2, 0.25) is 0 Å². The van der Waals surface area contributed by atoms with Gasteiger partial charge in [0.2, 0.25) is 0 Å². The molecule has 0 spiro atoms. The number of carbonyl (C=O) groups excluding carboxylic acids is 1. The molecule has 1 rings (SSSR count). The third-order valence-corrected chi connectivity index (χ3v) is 2.45. The van der Waals surface area contributed by atoms with Gasteiger partial charge in [-0.15, -0.1) is 0 Å². The number of nitrogens with two attached hydrogens (primary N) is 1. The molecule has 1 aromatic rings. The fourth-order valence-electron chi connectivity index (χ4n) is 1.65. The van der Waals surface area contributed by atoms with Gasteiger partial charge in [0.1, 0.15) is 0 Å². The first kappa shape index (κ1) is 13.5. The van der Waals surface area contributed by atoms with Crippen molar-refractivity contribution in [1.82, 2.24) is 4.90 Å². The number of hydrogen-bond donors (Lipinski definition) is 3. The summed E-state index contributed by atoms with van der Waals surface area (Å²) < 4.78 is 0. The maximum Gasteiger partial charge on any atom is 0.255 e. The number of benzene rings is 1. The Morgan fingerprint density at radius 3 is 2.76 bits per heavy atom. The van der Waals surface area contributed by atoms with Crippen molar-refractivity contribution in [2.24, 2.45) is 5.84 Å². The maximum atomic E-state index is 12.1. The van der Waals surface area contributed by atoms with Crippen LogP contribution in [0.1, 0.15) is 22.8 Å². The number of anilines is 1. The summed E-state index contributed by atoms with van der Waals surface area (Å²) in [6.07, 6.45) is -0.553. The number of aliphatic hydroxyl groups is 1. The molecule has 0 fully saturated rings. The average Bonchev–Trinajstić information content (AvgIpc) is 2.27. The molecule has 94 valence electrons. The van der Waals surface area contributed by atoms with E-state index in [9.17, 15) is 9.90 Å². The highest BCUT2D eigenvalue weighted by molar-refractivity contribution is 5.99. The van der Waals surface area contributed by atoms with Crippen molar-refractivity contribution in [2.75, 3.05) is 19.0 Å². The van der Waals surface area contributed by atoms with Gasteiger partial charge in [0.05, 0.1) is 17.4 Å². The minimum atomic E-state index is -0.553. The van der Waals surface area contributed by atoms with E-state index in [1.807, 2.05) is 13.0 Å². The van der Waals surface area contributed by atoms with Crippen molar-refractivity contribution < 1.29 is 9.90 Å². The average molecular weight is 237 g/mol. The lowest BCUT2D eigenvalue weighted by atomic mass is 10.1. The zero-order valence-corrected chi connectivity index (χ0v) is 10.4. The normalized spacial score (nSPS) is 12.1. The molecule has 4 N–H and O–H groups in total. The summed E-state index contributed by atoms with van der Waals surface area (Å²) in [5.41, 5.74) is 4.58. The fraction of sp³-hybridized carbons (Fsp3) is 0.417. The van der Waals surface area contributed by atoms with Crippen LogP contribution in [0.5, 0.6) is 0 Å². The van der Waals surface area contributed by atoms with Gasteiger partial charge in [-0.3, -0.25) is 10.6 Å². The topological polar surface area (TPSA) is 78.6 Å². The van der Waals surface area contributed by atoms with Gasteiger partial charge in [0, 0.05) is 13.6 Å². The minimum Gasteiger partial charge on any atom is -0.392 e. The summed E-state index contributed by atoms with van der Waals surface area (Å²) in [6.45, 7) is 3.84. The van der Waals surface area contributed by atoms with E-state index < -0.39 is 6.10 Å². The molecule has 5 nitrogen and oxygen atoms in total. The van der Waals surface area contributed by atoms with Crippen LogP contribution in [-0.4, -0.2) is 35.6 Å². The summed E-state index contributed by atoms with van der Waals surface area (Å²) >= 11 is 0. The van der Waals surface area contributed by atoms with E-state index in [4.69, 9.17) is 5.84 Å². The lowest BCUT2D eigenvalue weighted by Crippen LogP contribution is -2.33. The molecule has 5 heteroatoms. The van der Waals surface area contributed by atoms with Crippen molar-refractivity contribution in [3.8, 4) is 0 Å². The number of nitrogen functional groups attached to an aromatic ring is 1. The van der Waals surface area contributed by atoms with Gasteiger partial charge >= 0.3 is 0 Å². The van der Waals surface area contributed by atoms with Crippen molar-refractivity contribution in [3.05, 3.63) is 29.3 Å². The second-order valence-electron chi connectivity index (χ2n) is 4.23. The van der Waals surface area contributed by atoms with E-state index in [1.165, 1.54) is 4.90 Å². The summed E-state index contributed by atoms with van der Waals surface area (Å²) in [7, 11) is 1.65. The monoisotopic (exact) mass is 237 g/mol. The van der Waals surface area contributed by atoms with E-state index in [0.29, 0.717) is 11.3 Å². The largest absolute Gasteiger partial charge is 0.392 e. The molecule has 0 aliphatic rings. The second-order valence-corrected chi connectivity index (χ2v) is 4.23. The minimum absolute atomic E-state index is 0.164. The molecule has 0 radical (unpaired) electrons. The number of carbonyl (C=O) groups is 1. The Bertz CT molecular complexity index is 405. The number of rotatable bonds is 4. The molecule has 0 aliphatic heterocycles. The quantitative estimate of drug-likeness (QED) is 0.533. The predicted molar refractivity (Wildman–Crippen MR) is 67.6 cm³/mol. The Labute approximate surface area is 101 Å². The molecule has 0 heterocycles. The number of likely N-dealkylation sites (N-methyl/N-ethyl adjacent to an activating group) is 1. The Morgan fingerprint density at radius 2 is 2.24 bits per heavy atom. The molecular weight excluding hydrogens is 218 g/mol. The molecule has 17 heavy (non-hydrogen) atoms. The van der Waals surface area contributed by atoms with Crippen molar-refractivity contribution in [2.45, 2.75) is 20.0 Å². The molecule has 0 aliphatic carbocycles. The third kappa shape index (κ3) is 3.44. The first-order valence-electron chi connectivity index (χ1n) is 5.46. The molecule has 1 amide bonds. The van der Waals surface area contributed by atoms with Gasteiger partial charge in [-0.1, -0.05) is 11.6 Å². The summed E-state index contributed by atoms with van der Waals surface area (Å²) in [6, 6.07) is 5.41. The van der Waals surface area contributed by atoms with E-state index in [1.54, 1.807) is 26.1 Å². The number of hydrogen-bond acceptors (Lipinski definition) is 4. The highest BCUT2D eigenvalue weighted by atomic mass is 16.3. The first-order valence-corrected chi connectivity index (χ1v) is 5.46. The highest BCUT2D eigenvalue weighted by Crippen LogP contribution is 2.18. The number of aryl methyl sites for hydroxylation is 1. The van der Waals surface area contributed by atoms with Crippen molar-refractivity contribution in [1.29, 1.82) is 0 Å². The van der Waals surface area contributed by atoms with Crippen LogP contribution in [0, 0.1) is 6.92 Å².